The van der Waals surface area contributed by atoms with Gasteiger partial charge in [0.2, 0.25) is 0 Å². The summed E-state index contributed by atoms with van der Waals surface area (Å²) >= 11 is 1.81. The Morgan fingerprint density at radius 2 is 2.29 bits per heavy atom. The molecule has 0 radical (unpaired) electrons. The molecule has 1 fully saturated rings. The number of hydrogen-bond acceptors (Lipinski definition) is 3. The minimum Gasteiger partial charge on any atom is -0.480 e. The minimum absolute atomic E-state index is 0.158. The van der Waals surface area contributed by atoms with E-state index in [1.54, 1.807) is 11.3 Å². The molecule has 1 aliphatic carbocycles. The highest BCUT2D eigenvalue weighted by Crippen LogP contribution is 2.36. The number of aliphatic carboxylic acids is 1. The molecule has 2 rings (SSSR count). The number of rotatable bonds is 6. The molecule has 1 saturated carbocycles. The third kappa shape index (κ3) is 3.07. The van der Waals surface area contributed by atoms with E-state index in [9.17, 15) is 4.79 Å². The van der Waals surface area contributed by atoms with Crippen LogP contribution in [0.3, 0.4) is 0 Å². The van der Waals surface area contributed by atoms with Crippen LogP contribution in [0.1, 0.15) is 42.5 Å². The fourth-order valence-corrected chi connectivity index (χ4v) is 3.14. The summed E-state index contributed by atoms with van der Waals surface area (Å²) in [5, 5.41) is 8.97. The van der Waals surface area contributed by atoms with Gasteiger partial charge in [-0.2, -0.15) is 0 Å². The number of nitrogens with zero attached hydrogens (tertiary/aromatic N) is 1. The van der Waals surface area contributed by atoms with Crippen molar-refractivity contribution in [3.8, 4) is 0 Å². The van der Waals surface area contributed by atoms with Gasteiger partial charge in [-0.15, -0.1) is 11.3 Å². The SMILES string of the molecule is CCc1ccc(C(C)N(CC(=O)O)C2CC2)s1. The van der Waals surface area contributed by atoms with Gasteiger partial charge in [-0.1, -0.05) is 6.92 Å². The topological polar surface area (TPSA) is 40.5 Å². The van der Waals surface area contributed by atoms with Crippen LogP contribution in [0.25, 0.3) is 0 Å². The first-order chi connectivity index (χ1) is 8.11. The van der Waals surface area contributed by atoms with E-state index in [1.807, 2.05) is 0 Å². The quantitative estimate of drug-likeness (QED) is 0.847. The van der Waals surface area contributed by atoms with Crippen molar-refractivity contribution in [1.82, 2.24) is 4.90 Å². The standard InChI is InChI=1S/C13H19NO2S/c1-3-11-6-7-12(17-11)9(2)14(8-13(15)16)10-4-5-10/h6-7,9-10H,3-5,8H2,1-2H3,(H,15,16). The molecule has 0 amide bonds. The molecule has 94 valence electrons. The number of carbonyl (C=O) groups is 1. The van der Waals surface area contributed by atoms with Crippen molar-refractivity contribution in [2.45, 2.75) is 45.2 Å². The van der Waals surface area contributed by atoms with E-state index in [0.29, 0.717) is 6.04 Å². The van der Waals surface area contributed by atoms with E-state index in [2.05, 4.69) is 30.9 Å². The molecule has 1 atom stereocenters. The molecule has 1 unspecified atom stereocenters. The van der Waals surface area contributed by atoms with Gasteiger partial charge in [0, 0.05) is 21.8 Å². The van der Waals surface area contributed by atoms with Crippen LogP contribution in [-0.2, 0) is 11.2 Å². The zero-order chi connectivity index (χ0) is 12.4. The van der Waals surface area contributed by atoms with Crippen molar-refractivity contribution < 1.29 is 9.90 Å². The van der Waals surface area contributed by atoms with Crippen molar-refractivity contribution in [2.75, 3.05) is 6.54 Å². The van der Waals surface area contributed by atoms with Gasteiger partial charge >= 0.3 is 5.97 Å². The first-order valence-electron chi connectivity index (χ1n) is 6.18. The molecule has 0 bridgehead atoms. The molecule has 0 aliphatic heterocycles. The zero-order valence-corrected chi connectivity index (χ0v) is 11.2. The molecular weight excluding hydrogens is 234 g/mol. The number of aryl methyl sites for hydroxylation is 1. The van der Waals surface area contributed by atoms with Crippen molar-refractivity contribution in [1.29, 1.82) is 0 Å². The van der Waals surface area contributed by atoms with Crippen LogP contribution in [-0.4, -0.2) is 28.6 Å². The summed E-state index contributed by atoms with van der Waals surface area (Å²) in [6, 6.07) is 5.01. The van der Waals surface area contributed by atoms with Crippen LogP contribution in [0, 0.1) is 0 Å². The van der Waals surface area contributed by atoms with Crippen LogP contribution >= 0.6 is 11.3 Å². The third-order valence-electron chi connectivity index (χ3n) is 3.27. The second-order valence-electron chi connectivity index (χ2n) is 4.63. The predicted molar refractivity (Wildman–Crippen MR) is 69.5 cm³/mol. The van der Waals surface area contributed by atoms with Gasteiger partial charge in [-0.05, 0) is 38.3 Å². The Morgan fingerprint density at radius 1 is 1.59 bits per heavy atom. The van der Waals surface area contributed by atoms with Gasteiger partial charge in [-0.25, -0.2) is 0 Å². The summed E-state index contributed by atoms with van der Waals surface area (Å²) in [7, 11) is 0. The van der Waals surface area contributed by atoms with Gasteiger partial charge in [0.25, 0.3) is 0 Å². The molecule has 0 spiro atoms. The first-order valence-corrected chi connectivity index (χ1v) is 6.99. The second-order valence-corrected chi connectivity index (χ2v) is 5.83. The Balaban J connectivity index is 2.09. The average molecular weight is 253 g/mol. The molecule has 1 heterocycles. The van der Waals surface area contributed by atoms with Crippen molar-refractivity contribution in [3.63, 3.8) is 0 Å². The van der Waals surface area contributed by atoms with E-state index >= 15 is 0 Å². The first kappa shape index (κ1) is 12.6. The summed E-state index contributed by atoms with van der Waals surface area (Å²) in [4.78, 5) is 15.7. The molecule has 1 aromatic rings. The van der Waals surface area contributed by atoms with Crippen LogP contribution in [0.15, 0.2) is 12.1 Å². The highest BCUT2D eigenvalue weighted by atomic mass is 32.1. The van der Waals surface area contributed by atoms with Gasteiger partial charge in [0.05, 0.1) is 6.54 Å². The van der Waals surface area contributed by atoms with E-state index in [-0.39, 0.29) is 12.6 Å². The lowest BCUT2D eigenvalue weighted by atomic mass is 10.2. The maximum absolute atomic E-state index is 10.9. The fraction of sp³-hybridized carbons (Fsp3) is 0.615. The van der Waals surface area contributed by atoms with Crippen molar-refractivity contribution >= 4 is 17.3 Å². The van der Waals surface area contributed by atoms with E-state index in [4.69, 9.17) is 5.11 Å². The normalized spacial score (nSPS) is 17.4. The van der Waals surface area contributed by atoms with E-state index in [1.165, 1.54) is 9.75 Å². The highest BCUT2D eigenvalue weighted by Gasteiger charge is 2.34. The van der Waals surface area contributed by atoms with Crippen molar-refractivity contribution in [2.24, 2.45) is 0 Å². The van der Waals surface area contributed by atoms with E-state index < -0.39 is 5.97 Å². The third-order valence-corrected chi connectivity index (χ3v) is 4.67. The molecule has 1 aromatic heterocycles. The van der Waals surface area contributed by atoms with Crippen LogP contribution in [0.5, 0.6) is 0 Å². The molecule has 1 aliphatic rings. The van der Waals surface area contributed by atoms with Crippen molar-refractivity contribution in [3.05, 3.63) is 21.9 Å². The largest absolute Gasteiger partial charge is 0.480 e. The summed E-state index contributed by atoms with van der Waals surface area (Å²) in [5.74, 6) is -0.726. The molecule has 4 heteroatoms. The van der Waals surface area contributed by atoms with Crippen LogP contribution in [0.2, 0.25) is 0 Å². The average Bonchev–Trinajstić information content (AvgIpc) is 3.02. The Labute approximate surface area is 106 Å². The smallest absolute Gasteiger partial charge is 0.317 e. The van der Waals surface area contributed by atoms with Crippen LogP contribution in [0.4, 0.5) is 0 Å². The molecule has 3 nitrogen and oxygen atoms in total. The number of hydrogen-bond donors (Lipinski definition) is 1. The predicted octanol–water partition coefficient (Wildman–Crippen LogP) is 2.92. The summed E-state index contributed by atoms with van der Waals surface area (Å²) in [5.41, 5.74) is 0. The molecule has 1 N–H and O–H groups in total. The highest BCUT2D eigenvalue weighted by molar-refractivity contribution is 7.12. The monoisotopic (exact) mass is 253 g/mol. The fourth-order valence-electron chi connectivity index (χ4n) is 2.12. The minimum atomic E-state index is -0.726. The Bertz CT molecular complexity index is 398. The lowest BCUT2D eigenvalue weighted by Crippen LogP contribution is -2.33. The number of carboxylic acids is 1. The maximum Gasteiger partial charge on any atom is 0.317 e. The molecule has 17 heavy (non-hydrogen) atoms. The zero-order valence-electron chi connectivity index (χ0n) is 10.3. The Hall–Kier alpha value is -0.870. The molecule has 0 saturated heterocycles. The number of carboxylic acid groups (broad SMARTS) is 1. The lowest BCUT2D eigenvalue weighted by molar-refractivity contribution is -0.139. The van der Waals surface area contributed by atoms with Crippen LogP contribution < -0.4 is 0 Å². The van der Waals surface area contributed by atoms with Gasteiger partial charge in [0.1, 0.15) is 0 Å². The maximum atomic E-state index is 10.9. The van der Waals surface area contributed by atoms with Gasteiger partial charge in [-0.3, -0.25) is 9.69 Å². The molecular formula is C13H19NO2S. The lowest BCUT2D eigenvalue weighted by Gasteiger charge is -2.26. The van der Waals surface area contributed by atoms with Gasteiger partial charge in [0.15, 0.2) is 0 Å². The number of thiophene rings is 1. The Kier molecular flexibility index (Phi) is 3.84. The second kappa shape index (κ2) is 5.19. The summed E-state index contributed by atoms with van der Waals surface area (Å²) in [6.07, 6.45) is 3.34. The van der Waals surface area contributed by atoms with Gasteiger partial charge < -0.3 is 5.11 Å². The molecule has 0 aromatic carbocycles. The summed E-state index contributed by atoms with van der Waals surface area (Å²) in [6.45, 7) is 4.42. The Morgan fingerprint density at radius 3 is 2.76 bits per heavy atom. The summed E-state index contributed by atoms with van der Waals surface area (Å²) < 4.78 is 0. The van der Waals surface area contributed by atoms with E-state index in [0.717, 1.165) is 19.3 Å².